The lowest BCUT2D eigenvalue weighted by Gasteiger charge is -2.33. The molecule has 8 nitrogen and oxygen atoms in total. The van der Waals surface area contributed by atoms with Crippen molar-refractivity contribution in [2.24, 2.45) is 5.92 Å². The molecule has 0 aliphatic carbocycles. The molecule has 1 amide bonds. The average Bonchev–Trinajstić information content (AvgIpc) is 3.27. The van der Waals surface area contributed by atoms with Crippen LogP contribution < -0.4 is 9.64 Å². The molecule has 2 heterocycles. The summed E-state index contributed by atoms with van der Waals surface area (Å²) in [4.78, 5) is 22.4. The molecule has 1 saturated heterocycles. The maximum Gasteiger partial charge on any atom is 0.243 e. The first-order valence-corrected chi connectivity index (χ1v) is 14.6. The van der Waals surface area contributed by atoms with Gasteiger partial charge in [0.15, 0.2) is 5.13 Å². The van der Waals surface area contributed by atoms with Gasteiger partial charge in [0.1, 0.15) is 5.75 Å². The van der Waals surface area contributed by atoms with Gasteiger partial charge in [0, 0.05) is 37.1 Å². The number of fused-ring (bicyclic) bond motifs is 1. The third-order valence-corrected chi connectivity index (χ3v) is 9.39. The Morgan fingerprint density at radius 2 is 1.83 bits per heavy atom. The predicted molar refractivity (Wildman–Crippen MR) is 145 cm³/mol. The van der Waals surface area contributed by atoms with E-state index in [2.05, 4.69) is 0 Å². The van der Waals surface area contributed by atoms with E-state index in [0.717, 1.165) is 16.0 Å². The van der Waals surface area contributed by atoms with Gasteiger partial charge in [-0.2, -0.15) is 4.31 Å². The SMILES string of the molecule is CCOc1ccc2nc(N(CCN(C)C)C(=O)C3CCN(S(=O)(=O)c4ccc(Cl)cc4)CC3)sc2c1. The fraction of sp³-hybridized carbons (Fsp3) is 0.440. The maximum absolute atomic E-state index is 13.7. The van der Waals surface area contributed by atoms with Crippen LogP contribution in [0, 0.1) is 5.92 Å². The van der Waals surface area contributed by atoms with Crippen LogP contribution in [0.25, 0.3) is 10.2 Å². The van der Waals surface area contributed by atoms with Crippen molar-refractivity contribution in [3.63, 3.8) is 0 Å². The van der Waals surface area contributed by atoms with Gasteiger partial charge in [-0.1, -0.05) is 22.9 Å². The highest BCUT2D eigenvalue weighted by Crippen LogP contribution is 2.34. The van der Waals surface area contributed by atoms with Crippen molar-refractivity contribution in [3.05, 3.63) is 47.5 Å². The van der Waals surface area contributed by atoms with Crippen LogP contribution in [0.5, 0.6) is 5.75 Å². The number of nitrogens with zero attached hydrogens (tertiary/aromatic N) is 4. The fourth-order valence-electron chi connectivity index (χ4n) is 4.18. The van der Waals surface area contributed by atoms with Gasteiger partial charge in [-0.25, -0.2) is 13.4 Å². The van der Waals surface area contributed by atoms with Crippen LogP contribution in [0.4, 0.5) is 5.13 Å². The Kier molecular flexibility index (Phi) is 8.52. The van der Waals surface area contributed by atoms with E-state index in [-0.39, 0.29) is 16.7 Å². The minimum Gasteiger partial charge on any atom is -0.494 e. The molecule has 0 N–H and O–H groups in total. The molecule has 3 aromatic rings. The van der Waals surface area contributed by atoms with Crippen LogP contribution in [0.2, 0.25) is 5.02 Å². The molecule has 194 valence electrons. The third kappa shape index (κ3) is 6.00. The Balaban J connectivity index is 1.50. The molecule has 0 radical (unpaired) electrons. The van der Waals surface area contributed by atoms with Gasteiger partial charge >= 0.3 is 0 Å². The van der Waals surface area contributed by atoms with Gasteiger partial charge in [0.05, 0.1) is 21.7 Å². The van der Waals surface area contributed by atoms with Crippen molar-refractivity contribution in [2.45, 2.75) is 24.7 Å². The predicted octanol–water partition coefficient (Wildman–Crippen LogP) is 4.34. The van der Waals surface area contributed by atoms with E-state index in [9.17, 15) is 13.2 Å². The maximum atomic E-state index is 13.7. The van der Waals surface area contributed by atoms with Crippen LogP contribution in [0.15, 0.2) is 47.4 Å². The van der Waals surface area contributed by atoms with Gasteiger partial charge in [0.2, 0.25) is 15.9 Å². The van der Waals surface area contributed by atoms with Gasteiger partial charge in [-0.05, 0) is 76.3 Å². The summed E-state index contributed by atoms with van der Waals surface area (Å²) in [7, 11) is 0.308. The number of ether oxygens (including phenoxy) is 1. The zero-order chi connectivity index (χ0) is 25.9. The molecule has 36 heavy (non-hydrogen) atoms. The van der Waals surface area contributed by atoms with Gasteiger partial charge in [-0.15, -0.1) is 0 Å². The number of thiazole rings is 1. The van der Waals surface area contributed by atoms with E-state index in [0.29, 0.717) is 55.8 Å². The molecule has 1 fully saturated rings. The molecule has 1 aliphatic heterocycles. The molecule has 1 aliphatic rings. The minimum absolute atomic E-state index is 0.00974. The summed E-state index contributed by atoms with van der Waals surface area (Å²) in [5.41, 5.74) is 0.824. The van der Waals surface area contributed by atoms with Crippen molar-refractivity contribution < 1.29 is 17.9 Å². The number of aromatic nitrogens is 1. The Hall–Kier alpha value is -2.24. The molecule has 2 aromatic carbocycles. The van der Waals surface area contributed by atoms with Gasteiger partial charge in [-0.3, -0.25) is 9.69 Å². The number of hydrogen-bond donors (Lipinski definition) is 0. The normalized spacial score (nSPS) is 15.5. The first-order valence-electron chi connectivity index (χ1n) is 11.9. The standard InChI is InChI=1S/C25H31ClN4O4S2/c1-4-34-20-7-10-22-23(17-20)35-25(27-22)30(16-15-28(2)3)24(31)18-11-13-29(14-12-18)36(32,33)21-8-5-19(26)6-9-21/h5-10,17-18H,4,11-16H2,1-3H3. The van der Waals surface area contributed by atoms with Crippen molar-refractivity contribution in [1.82, 2.24) is 14.2 Å². The van der Waals surface area contributed by atoms with E-state index in [1.807, 2.05) is 44.1 Å². The summed E-state index contributed by atoms with van der Waals surface area (Å²) in [5, 5.41) is 1.14. The molecule has 0 unspecified atom stereocenters. The first-order chi connectivity index (χ1) is 17.2. The highest BCUT2D eigenvalue weighted by atomic mass is 35.5. The quantitative estimate of drug-likeness (QED) is 0.394. The second kappa shape index (κ2) is 11.4. The first kappa shape index (κ1) is 26.8. The van der Waals surface area contributed by atoms with Crippen molar-refractivity contribution in [1.29, 1.82) is 0 Å². The summed E-state index contributed by atoms with van der Waals surface area (Å²) in [6.45, 7) is 4.30. The summed E-state index contributed by atoms with van der Waals surface area (Å²) in [6.07, 6.45) is 0.924. The minimum atomic E-state index is -3.63. The van der Waals surface area contributed by atoms with E-state index in [1.54, 1.807) is 17.0 Å². The molecule has 0 atom stereocenters. The highest BCUT2D eigenvalue weighted by Gasteiger charge is 2.35. The third-order valence-electron chi connectivity index (χ3n) is 6.18. The molecular formula is C25H31ClN4O4S2. The summed E-state index contributed by atoms with van der Waals surface area (Å²) < 4.78 is 34.1. The zero-order valence-corrected chi connectivity index (χ0v) is 23.1. The lowest BCUT2D eigenvalue weighted by molar-refractivity contribution is -0.123. The monoisotopic (exact) mass is 550 g/mol. The molecule has 4 rings (SSSR count). The van der Waals surface area contributed by atoms with E-state index >= 15 is 0 Å². The topological polar surface area (TPSA) is 83.1 Å². The average molecular weight is 551 g/mol. The number of amides is 1. The smallest absolute Gasteiger partial charge is 0.243 e. The second-order valence-electron chi connectivity index (χ2n) is 8.98. The number of likely N-dealkylation sites (N-methyl/N-ethyl adjacent to an activating group) is 1. The van der Waals surface area contributed by atoms with E-state index in [1.165, 1.54) is 27.8 Å². The number of anilines is 1. The van der Waals surface area contributed by atoms with Crippen LogP contribution in [-0.4, -0.2) is 75.4 Å². The highest BCUT2D eigenvalue weighted by molar-refractivity contribution is 7.89. The number of piperidine rings is 1. The number of hydrogen-bond acceptors (Lipinski definition) is 7. The Bertz CT molecular complexity index is 1300. The molecule has 0 saturated carbocycles. The van der Waals surface area contributed by atoms with Crippen molar-refractivity contribution in [3.8, 4) is 5.75 Å². The van der Waals surface area contributed by atoms with Gasteiger partial charge in [0.25, 0.3) is 0 Å². The van der Waals surface area contributed by atoms with E-state index in [4.69, 9.17) is 21.3 Å². The lowest BCUT2D eigenvalue weighted by atomic mass is 9.96. The number of rotatable bonds is 9. The molecular weight excluding hydrogens is 520 g/mol. The molecule has 0 spiro atoms. The largest absolute Gasteiger partial charge is 0.494 e. The molecule has 11 heteroatoms. The van der Waals surface area contributed by atoms with Crippen LogP contribution in [0.3, 0.4) is 0 Å². The summed E-state index contributed by atoms with van der Waals surface area (Å²) >= 11 is 7.38. The van der Waals surface area contributed by atoms with Crippen LogP contribution in [0.1, 0.15) is 19.8 Å². The summed E-state index contributed by atoms with van der Waals surface area (Å²) in [5.74, 6) is 0.500. The van der Waals surface area contributed by atoms with Gasteiger partial charge < -0.3 is 9.64 Å². The Morgan fingerprint density at radius 1 is 1.14 bits per heavy atom. The number of sulfonamides is 1. The summed E-state index contributed by atoms with van der Waals surface area (Å²) in [6, 6.07) is 11.9. The molecule has 0 bridgehead atoms. The van der Waals surface area contributed by atoms with E-state index < -0.39 is 10.0 Å². The number of halogens is 1. The van der Waals surface area contributed by atoms with Crippen LogP contribution >= 0.6 is 22.9 Å². The Morgan fingerprint density at radius 3 is 2.47 bits per heavy atom. The number of carbonyl (C=O) groups excluding carboxylic acids is 1. The zero-order valence-electron chi connectivity index (χ0n) is 20.7. The van der Waals surface area contributed by atoms with Crippen molar-refractivity contribution >= 4 is 54.2 Å². The number of benzene rings is 2. The van der Waals surface area contributed by atoms with Crippen molar-refractivity contribution in [2.75, 3.05) is 51.8 Å². The van der Waals surface area contributed by atoms with Crippen LogP contribution in [-0.2, 0) is 14.8 Å². The fourth-order valence-corrected chi connectivity index (χ4v) is 6.81. The number of carbonyl (C=O) groups is 1. The second-order valence-corrected chi connectivity index (χ2v) is 12.4. The molecule has 1 aromatic heterocycles. The Labute approximate surface area is 221 Å². The lowest BCUT2D eigenvalue weighted by Crippen LogP contribution is -2.46.